The van der Waals surface area contributed by atoms with E-state index in [1.54, 1.807) is 0 Å². The first-order chi connectivity index (χ1) is 0. The molecule has 13 heteroatoms. The minimum atomic E-state index is 0. The van der Waals surface area contributed by atoms with Crippen LogP contribution in [0.4, 0.5) is 0 Å². The van der Waals surface area contributed by atoms with Crippen LogP contribution in [0.2, 0.25) is 0 Å². The van der Waals surface area contributed by atoms with Crippen molar-refractivity contribution in [2.24, 2.45) is 0 Å². The maximum atomic E-state index is 0. The van der Waals surface area contributed by atoms with Gasteiger partial charge in [-0.1, -0.05) is 0 Å². The number of hydrogen-bond donors (Lipinski definition) is 0. The van der Waals surface area contributed by atoms with Crippen molar-refractivity contribution in [2.75, 3.05) is 0 Å². The van der Waals surface area contributed by atoms with Crippen LogP contribution in [0, 0.1) is 0 Å². The van der Waals surface area contributed by atoms with E-state index in [0.717, 1.165) is 0 Å². The van der Waals surface area contributed by atoms with Gasteiger partial charge >= 0.3 is 146 Å². The molecule has 0 aliphatic rings. The maximum Gasteiger partial charge on any atom is 5.00 e. The number of rotatable bonds is 0. The van der Waals surface area contributed by atoms with Gasteiger partial charge in [0.1, 0.15) is 0 Å². The summed E-state index contributed by atoms with van der Waals surface area (Å²) in [5, 5.41) is 0. The molecule has 0 aromatic heterocycles. The van der Waals surface area contributed by atoms with Crippen LogP contribution in [0.5, 0.6) is 0 Å². The Morgan fingerprint density at radius 3 is 0.462 bits per heavy atom. The van der Waals surface area contributed by atoms with Gasteiger partial charge in [0.15, 0.2) is 0 Å². The standard InChI is InChI=1S/Ba.Bi.Nb.8O.Pb.Ti/q+2;+3;+5;8*-2;+2;+4. The molecule has 0 aromatic rings. The van der Waals surface area contributed by atoms with Gasteiger partial charge in [0.2, 0.25) is 0 Å². The molecular formula is BaBiNbO8PbTi. The van der Waals surface area contributed by atoms with Crippen LogP contribution in [-0.4, -0.2) is 102 Å². The van der Waals surface area contributed by atoms with Crippen LogP contribution in [-0.2, 0) is 87.9 Å². The molecular weight excluding hydrogens is 822 g/mol. The predicted octanol–water partition coefficient (Wildman–Crippen LogP) is -2.10. The summed E-state index contributed by atoms with van der Waals surface area (Å²) < 4.78 is 0. The minimum Gasteiger partial charge on any atom is -2.00 e. The monoisotopic (exact) mass is 824 g/mol. The molecule has 0 heterocycles. The molecule has 0 saturated heterocycles. The molecule has 13 heavy (non-hydrogen) atoms. The summed E-state index contributed by atoms with van der Waals surface area (Å²) in [6.07, 6.45) is 0. The Balaban J connectivity index is 0. The fraction of sp³-hybridized carbons (Fsp3) is 0. The first-order valence-electron chi connectivity index (χ1n) is 0. The summed E-state index contributed by atoms with van der Waals surface area (Å²) in [6.45, 7) is 0. The molecule has 0 amide bonds. The molecule has 0 unspecified atom stereocenters. The van der Waals surface area contributed by atoms with Crippen molar-refractivity contribution < 1.29 is 87.9 Å². The summed E-state index contributed by atoms with van der Waals surface area (Å²) >= 11 is 0. The SMILES string of the molecule is [Ba+2].[Bi+3].[Nb+5].[O-2].[O-2].[O-2].[O-2].[O-2].[O-2].[O-2].[O-2].[Pb+2].[Ti+4]. The molecule has 68 valence electrons. The Labute approximate surface area is 186 Å². The van der Waals surface area contributed by atoms with Gasteiger partial charge in [-0.2, -0.15) is 0 Å². The van der Waals surface area contributed by atoms with Crippen molar-refractivity contribution in [3.8, 4) is 0 Å². The third-order valence-electron chi connectivity index (χ3n) is 0. The predicted molar refractivity (Wildman–Crippen MR) is 22.8 cm³/mol. The molecule has 8 nitrogen and oxygen atoms in total. The summed E-state index contributed by atoms with van der Waals surface area (Å²) in [7, 11) is 0. The van der Waals surface area contributed by atoms with Crippen molar-refractivity contribution in [2.45, 2.75) is 0 Å². The molecule has 0 atom stereocenters. The topological polar surface area (TPSA) is 228 Å². The van der Waals surface area contributed by atoms with Crippen LogP contribution in [0.25, 0.3) is 0 Å². The summed E-state index contributed by atoms with van der Waals surface area (Å²) in [6, 6.07) is 0. The molecule has 0 aromatic carbocycles. The van der Waals surface area contributed by atoms with E-state index in [4.69, 9.17) is 0 Å². The molecule has 0 bridgehead atoms. The van der Waals surface area contributed by atoms with Gasteiger partial charge in [0, 0.05) is 0 Å². The van der Waals surface area contributed by atoms with Gasteiger partial charge in [0.05, 0.1) is 0 Å². The first kappa shape index (κ1) is 235. The molecule has 0 spiro atoms. The molecule has 4 radical (unpaired) electrons. The van der Waals surface area contributed by atoms with E-state index in [9.17, 15) is 0 Å². The second kappa shape index (κ2) is 195. The van der Waals surface area contributed by atoms with Gasteiger partial charge in [-0.3, -0.25) is 0 Å². The van der Waals surface area contributed by atoms with Gasteiger partial charge in [-0.15, -0.1) is 0 Å². The average molecular weight is 822 g/mol. The van der Waals surface area contributed by atoms with Crippen molar-refractivity contribution in [1.82, 2.24) is 0 Å². The van der Waals surface area contributed by atoms with Crippen molar-refractivity contribution >= 4 is 102 Å². The summed E-state index contributed by atoms with van der Waals surface area (Å²) in [4.78, 5) is 0. The average Bonchev–Trinajstić information content (AvgIpc) is 0. The van der Waals surface area contributed by atoms with E-state index in [1.165, 1.54) is 0 Å². The molecule has 0 aliphatic carbocycles. The van der Waals surface area contributed by atoms with Gasteiger partial charge in [0.25, 0.3) is 0 Å². The zero-order valence-electron chi connectivity index (χ0n) is 5.87. The van der Waals surface area contributed by atoms with Crippen LogP contribution >= 0.6 is 0 Å². The second-order valence-electron chi connectivity index (χ2n) is 0. The molecule has 0 saturated carbocycles. The van der Waals surface area contributed by atoms with E-state index in [0.29, 0.717) is 0 Å². The van der Waals surface area contributed by atoms with Crippen LogP contribution in [0.1, 0.15) is 0 Å². The van der Waals surface area contributed by atoms with Crippen molar-refractivity contribution in [3.05, 3.63) is 0 Å². The minimum absolute atomic E-state index is 0. The zero-order valence-corrected chi connectivity index (χ0v) is 21.4. The molecule has 0 fully saturated rings. The Kier molecular flexibility index (Phi) is 3520. The van der Waals surface area contributed by atoms with Crippen LogP contribution < -0.4 is 0 Å². The van der Waals surface area contributed by atoms with Crippen molar-refractivity contribution in [1.29, 1.82) is 0 Å². The van der Waals surface area contributed by atoms with Gasteiger partial charge in [-0.05, 0) is 0 Å². The van der Waals surface area contributed by atoms with Crippen LogP contribution in [0.3, 0.4) is 0 Å². The van der Waals surface area contributed by atoms with E-state index in [2.05, 4.69) is 0 Å². The van der Waals surface area contributed by atoms with Gasteiger partial charge in [-0.25, -0.2) is 0 Å². The Morgan fingerprint density at radius 2 is 0.462 bits per heavy atom. The Morgan fingerprint density at radius 1 is 0.462 bits per heavy atom. The fourth-order valence-corrected chi connectivity index (χ4v) is 0. The number of hydrogen-bond acceptors (Lipinski definition) is 0. The fourth-order valence-electron chi connectivity index (χ4n) is 0. The Hall–Kier alpha value is 4.51. The molecule has 0 aliphatic heterocycles. The third-order valence-corrected chi connectivity index (χ3v) is 0. The van der Waals surface area contributed by atoms with E-state index >= 15 is 0 Å². The Bertz CT molecular complexity index is 24.1. The van der Waals surface area contributed by atoms with E-state index < -0.39 is 0 Å². The normalized spacial score (nSPS) is 0. The van der Waals surface area contributed by atoms with E-state index in [-0.39, 0.29) is 190 Å². The smallest absolute Gasteiger partial charge is 2.00 e. The van der Waals surface area contributed by atoms with Crippen molar-refractivity contribution in [3.63, 3.8) is 0 Å². The summed E-state index contributed by atoms with van der Waals surface area (Å²) in [5.74, 6) is 0. The van der Waals surface area contributed by atoms with Crippen LogP contribution in [0.15, 0.2) is 0 Å². The quantitative estimate of drug-likeness (QED) is 0.240. The van der Waals surface area contributed by atoms with Gasteiger partial charge < -0.3 is 43.8 Å². The third kappa shape index (κ3) is 171. The molecule has 0 rings (SSSR count). The largest absolute Gasteiger partial charge is 5.00 e. The zero-order chi connectivity index (χ0) is 0. The second-order valence-corrected chi connectivity index (χ2v) is 0. The van der Waals surface area contributed by atoms with E-state index in [1.807, 2.05) is 0 Å². The first-order valence-corrected chi connectivity index (χ1v) is 0. The molecule has 0 N–H and O–H groups in total. The maximum absolute atomic E-state index is 0. The summed E-state index contributed by atoms with van der Waals surface area (Å²) in [5.41, 5.74) is 0.